The Balaban J connectivity index is 2.38. The third-order valence-electron chi connectivity index (χ3n) is 2.91. The van der Waals surface area contributed by atoms with E-state index in [0.717, 1.165) is 11.5 Å². The van der Waals surface area contributed by atoms with E-state index in [9.17, 15) is 10.4 Å². The molecular formula is C14H16N2O4. The number of hydrogen-bond acceptors (Lipinski definition) is 6. The summed E-state index contributed by atoms with van der Waals surface area (Å²) in [6.45, 7) is 3.89. The van der Waals surface area contributed by atoms with Crippen LogP contribution in [-0.4, -0.2) is 21.8 Å². The number of furan rings is 2. The minimum absolute atomic E-state index is 0.0178. The Labute approximate surface area is 116 Å². The average Bonchev–Trinajstić information content (AvgIpc) is 3.13. The predicted octanol–water partition coefficient (Wildman–Crippen LogP) is 3.05. The summed E-state index contributed by atoms with van der Waals surface area (Å²) in [5.74, 6) is 2.11. The van der Waals surface area contributed by atoms with Gasteiger partial charge in [-0.25, -0.2) is 0 Å². The Morgan fingerprint density at radius 2 is 1.25 bits per heavy atom. The van der Waals surface area contributed by atoms with E-state index in [0.29, 0.717) is 24.4 Å². The Bertz CT molecular complexity index is 581. The zero-order chi connectivity index (χ0) is 14.5. The molecule has 2 aromatic heterocycles. The molecule has 2 heterocycles. The van der Waals surface area contributed by atoms with E-state index in [1.165, 1.54) is 0 Å². The van der Waals surface area contributed by atoms with E-state index in [2.05, 4.69) is 10.3 Å². The van der Waals surface area contributed by atoms with Crippen LogP contribution >= 0.6 is 0 Å². The molecule has 6 nitrogen and oxygen atoms in total. The first-order chi connectivity index (χ1) is 9.73. The SMILES string of the molecule is CCc1ccc(C(=NO)C(=NO)c2ccc(CC)o2)o1. The molecule has 20 heavy (non-hydrogen) atoms. The number of rotatable bonds is 5. The molecule has 106 valence electrons. The van der Waals surface area contributed by atoms with Gasteiger partial charge in [0.2, 0.25) is 0 Å². The maximum absolute atomic E-state index is 9.18. The van der Waals surface area contributed by atoms with Gasteiger partial charge in [-0.15, -0.1) is 0 Å². The van der Waals surface area contributed by atoms with E-state index >= 15 is 0 Å². The minimum atomic E-state index is 0.0178. The standard InChI is InChI=1S/C14H16N2O4/c1-3-9-5-7-11(19-9)13(15-17)14(16-18)12-8-6-10(4-2)20-12/h5-8,17-18H,3-4H2,1-2H3. The second kappa shape index (κ2) is 6.10. The molecule has 0 aliphatic rings. The summed E-state index contributed by atoms with van der Waals surface area (Å²) < 4.78 is 11.0. The zero-order valence-corrected chi connectivity index (χ0v) is 11.3. The summed E-state index contributed by atoms with van der Waals surface area (Å²) >= 11 is 0. The van der Waals surface area contributed by atoms with Crippen molar-refractivity contribution in [1.29, 1.82) is 0 Å². The summed E-state index contributed by atoms with van der Waals surface area (Å²) in [5, 5.41) is 24.7. The quantitative estimate of drug-likeness (QED) is 0.498. The highest BCUT2D eigenvalue weighted by molar-refractivity contribution is 6.52. The van der Waals surface area contributed by atoms with Crippen molar-refractivity contribution in [2.75, 3.05) is 0 Å². The van der Waals surface area contributed by atoms with Gasteiger partial charge in [0.15, 0.2) is 22.9 Å². The molecule has 0 saturated heterocycles. The lowest BCUT2D eigenvalue weighted by atomic mass is 10.1. The van der Waals surface area contributed by atoms with Gasteiger partial charge in [0.25, 0.3) is 0 Å². The van der Waals surface area contributed by atoms with Gasteiger partial charge in [0.05, 0.1) is 0 Å². The largest absolute Gasteiger partial charge is 0.459 e. The molecule has 0 aromatic carbocycles. The van der Waals surface area contributed by atoms with Gasteiger partial charge >= 0.3 is 0 Å². The Morgan fingerprint density at radius 1 is 0.850 bits per heavy atom. The molecule has 0 radical (unpaired) electrons. The molecule has 0 aliphatic heterocycles. The van der Waals surface area contributed by atoms with Crippen LogP contribution in [0.2, 0.25) is 0 Å². The molecule has 0 aliphatic carbocycles. The Hall–Kier alpha value is -2.50. The van der Waals surface area contributed by atoms with Gasteiger partial charge in [-0.1, -0.05) is 24.2 Å². The molecule has 2 N–H and O–H groups in total. The van der Waals surface area contributed by atoms with E-state index in [4.69, 9.17) is 8.83 Å². The molecule has 2 aromatic rings. The molecule has 0 fully saturated rings. The highest BCUT2D eigenvalue weighted by Crippen LogP contribution is 2.16. The molecule has 0 spiro atoms. The number of aryl methyl sites for hydroxylation is 2. The van der Waals surface area contributed by atoms with Gasteiger partial charge in [0.1, 0.15) is 11.5 Å². The average molecular weight is 276 g/mol. The van der Waals surface area contributed by atoms with Gasteiger partial charge in [-0.05, 0) is 24.3 Å². The zero-order valence-electron chi connectivity index (χ0n) is 11.3. The van der Waals surface area contributed by atoms with Crippen molar-refractivity contribution in [2.45, 2.75) is 26.7 Å². The van der Waals surface area contributed by atoms with Crippen molar-refractivity contribution < 1.29 is 19.2 Å². The van der Waals surface area contributed by atoms with Crippen molar-refractivity contribution in [3.8, 4) is 0 Å². The van der Waals surface area contributed by atoms with Crippen LogP contribution < -0.4 is 0 Å². The fraction of sp³-hybridized carbons (Fsp3) is 0.286. The first-order valence-electron chi connectivity index (χ1n) is 6.36. The van der Waals surface area contributed by atoms with Crippen LogP contribution in [0, 0.1) is 0 Å². The predicted molar refractivity (Wildman–Crippen MR) is 72.8 cm³/mol. The van der Waals surface area contributed by atoms with E-state index in [1.807, 2.05) is 13.8 Å². The van der Waals surface area contributed by atoms with Crippen LogP contribution in [0.25, 0.3) is 0 Å². The van der Waals surface area contributed by atoms with Crippen LogP contribution in [-0.2, 0) is 12.8 Å². The highest BCUT2D eigenvalue weighted by atomic mass is 16.4. The van der Waals surface area contributed by atoms with Crippen molar-refractivity contribution in [2.24, 2.45) is 10.3 Å². The summed E-state index contributed by atoms with van der Waals surface area (Å²) in [4.78, 5) is 0. The third kappa shape index (κ3) is 2.59. The Morgan fingerprint density at radius 3 is 1.50 bits per heavy atom. The maximum Gasteiger partial charge on any atom is 0.177 e. The molecule has 0 bridgehead atoms. The fourth-order valence-corrected chi connectivity index (χ4v) is 1.82. The monoisotopic (exact) mass is 276 g/mol. The summed E-state index contributed by atoms with van der Waals surface area (Å²) in [6.07, 6.45) is 1.43. The van der Waals surface area contributed by atoms with Crippen LogP contribution in [0.3, 0.4) is 0 Å². The second-order valence-electron chi connectivity index (χ2n) is 4.14. The van der Waals surface area contributed by atoms with Crippen molar-refractivity contribution >= 4 is 11.4 Å². The van der Waals surface area contributed by atoms with Crippen LogP contribution in [0.1, 0.15) is 36.9 Å². The number of hydrogen-bond donors (Lipinski definition) is 2. The van der Waals surface area contributed by atoms with E-state index in [-0.39, 0.29) is 11.4 Å². The minimum Gasteiger partial charge on any atom is -0.459 e. The van der Waals surface area contributed by atoms with Gasteiger partial charge in [0, 0.05) is 12.8 Å². The molecule has 0 saturated carbocycles. The lowest BCUT2D eigenvalue weighted by Gasteiger charge is -2.01. The Kier molecular flexibility index (Phi) is 4.24. The molecule has 0 amide bonds. The maximum atomic E-state index is 9.18. The first-order valence-corrected chi connectivity index (χ1v) is 6.36. The molecule has 2 rings (SSSR count). The van der Waals surface area contributed by atoms with E-state index < -0.39 is 0 Å². The molecular weight excluding hydrogens is 260 g/mol. The molecule has 0 atom stereocenters. The fourth-order valence-electron chi connectivity index (χ4n) is 1.82. The van der Waals surface area contributed by atoms with Gasteiger partial charge < -0.3 is 19.2 Å². The first kappa shape index (κ1) is 13.9. The lowest BCUT2D eigenvalue weighted by Crippen LogP contribution is -2.16. The number of oxime groups is 2. The van der Waals surface area contributed by atoms with Crippen molar-refractivity contribution in [3.05, 3.63) is 47.3 Å². The smallest absolute Gasteiger partial charge is 0.177 e. The summed E-state index contributed by atoms with van der Waals surface area (Å²) in [6, 6.07) is 6.86. The van der Waals surface area contributed by atoms with Crippen molar-refractivity contribution in [3.63, 3.8) is 0 Å². The van der Waals surface area contributed by atoms with Crippen LogP contribution in [0.15, 0.2) is 43.4 Å². The normalized spacial score (nSPS) is 12.9. The van der Waals surface area contributed by atoms with Gasteiger partial charge in [-0.3, -0.25) is 0 Å². The topological polar surface area (TPSA) is 91.5 Å². The van der Waals surface area contributed by atoms with Crippen molar-refractivity contribution in [1.82, 2.24) is 0 Å². The van der Waals surface area contributed by atoms with Gasteiger partial charge in [-0.2, -0.15) is 0 Å². The molecule has 6 heteroatoms. The third-order valence-corrected chi connectivity index (χ3v) is 2.91. The van der Waals surface area contributed by atoms with Crippen LogP contribution in [0.4, 0.5) is 0 Å². The summed E-state index contributed by atoms with van der Waals surface area (Å²) in [7, 11) is 0. The highest BCUT2D eigenvalue weighted by Gasteiger charge is 2.22. The van der Waals surface area contributed by atoms with E-state index in [1.54, 1.807) is 24.3 Å². The molecule has 0 unspecified atom stereocenters. The lowest BCUT2D eigenvalue weighted by molar-refractivity contribution is 0.312. The van der Waals surface area contributed by atoms with Crippen LogP contribution in [0.5, 0.6) is 0 Å². The number of nitrogens with zero attached hydrogens (tertiary/aromatic N) is 2. The second-order valence-corrected chi connectivity index (χ2v) is 4.14. The summed E-state index contributed by atoms with van der Waals surface area (Å²) in [5.41, 5.74) is 0.0356.